The standard InChI is InChI=1S/C54H34N4/c1-3-14-35(15-4-1)39-19-13-20-41(32-39)58-49-31-28-36-16-7-8-21-42(36)52(49)45-33-44-43-22-9-12-25-48(43)57(50(44)34-51(45)58)40-29-26-38(27-30-40)54-53(37-17-5-2-6-18-37)55-46-23-10-11-24-47(46)56-54/h1-34H. The van der Waals surface area contributed by atoms with E-state index in [0.29, 0.717) is 0 Å². The lowest BCUT2D eigenvalue weighted by molar-refractivity contribution is 1.16. The Morgan fingerprint density at radius 3 is 1.64 bits per heavy atom. The lowest BCUT2D eigenvalue weighted by Gasteiger charge is -2.13. The molecule has 0 amide bonds. The van der Waals surface area contributed by atoms with Gasteiger partial charge in [0.15, 0.2) is 0 Å². The summed E-state index contributed by atoms with van der Waals surface area (Å²) in [5.74, 6) is 0. The normalized spacial score (nSPS) is 11.8. The van der Waals surface area contributed by atoms with Crippen LogP contribution in [0.3, 0.4) is 0 Å². The molecule has 0 radical (unpaired) electrons. The second-order valence-electron chi connectivity index (χ2n) is 15.0. The molecule has 0 bridgehead atoms. The number of hydrogen-bond donors (Lipinski definition) is 0. The van der Waals surface area contributed by atoms with E-state index in [0.717, 1.165) is 50.4 Å². The van der Waals surface area contributed by atoms with Gasteiger partial charge in [-0.2, -0.15) is 0 Å². The predicted molar refractivity (Wildman–Crippen MR) is 242 cm³/mol. The number of hydrogen-bond acceptors (Lipinski definition) is 2. The van der Waals surface area contributed by atoms with Crippen LogP contribution in [0.25, 0.3) is 110 Å². The molecule has 9 aromatic carbocycles. The first-order valence-electron chi connectivity index (χ1n) is 19.7. The maximum atomic E-state index is 5.18. The van der Waals surface area contributed by atoms with Crippen LogP contribution in [0.15, 0.2) is 206 Å². The highest BCUT2D eigenvalue weighted by atomic mass is 15.0. The molecule has 3 heterocycles. The Morgan fingerprint density at radius 1 is 0.293 bits per heavy atom. The van der Waals surface area contributed by atoms with Gasteiger partial charge in [0, 0.05) is 44.0 Å². The quantitative estimate of drug-likeness (QED) is 0.176. The first kappa shape index (κ1) is 32.4. The van der Waals surface area contributed by atoms with Crippen molar-refractivity contribution in [3.8, 4) is 45.0 Å². The molecule has 0 N–H and O–H groups in total. The minimum atomic E-state index is 0.870. The third-order valence-electron chi connectivity index (χ3n) is 11.7. The second kappa shape index (κ2) is 12.9. The Hall–Kier alpha value is -7.82. The minimum absolute atomic E-state index is 0.870. The summed E-state index contributed by atoms with van der Waals surface area (Å²) in [4.78, 5) is 10.3. The van der Waals surface area contributed by atoms with Crippen molar-refractivity contribution in [3.63, 3.8) is 0 Å². The molecule has 270 valence electrons. The van der Waals surface area contributed by atoms with Crippen molar-refractivity contribution in [2.45, 2.75) is 0 Å². The average molecular weight is 739 g/mol. The predicted octanol–water partition coefficient (Wildman–Crippen LogP) is 14.0. The highest BCUT2D eigenvalue weighted by molar-refractivity contribution is 6.25. The first-order valence-corrected chi connectivity index (χ1v) is 19.7. The number of benzene rings is 9. The molecule has 58 heavy (non-hydrogen) atoms. The third-order valence-corrected chi connectivity index (χ3v) is 11.7. The summed E-state index contributed by atoms with van der Waals surface area (Å²) < 4.78 is 4.87. The van der Waals surface area contributed by atoms with E-state index in [1.165, 1.54) is 60.0 Å². The van der Waals surface area contributed by atoms with Gasteiger partial charge in [0.2, 0.25) is 0 Å². The van der Waals surface area contributed by atoms with Crippen LogP contribution >= 0.6 is 0 Å². The van der Waals surface area contributed by atoms with Crippen molar-refractivity contribution in [1.29, 1.82) is 0 Å². The average Bonchev–Trinajstić information content (AvgIpc) is 3.80. The molecule has 0 saturated heterocycles. The monoisotopic (exact) mass is 738 g/mol. The van der Waals surface area contributed by atoms with Crippen LogP contribution in [0, 0.1) is 0 Å². The lowest BCUT2D eigenvalue weighted by atomic mass is 10.0. The van der Waals surface area contributed by atoms with Gasteiger partial charge in [0.25, 0.3) is 0 Å². The molecule has 0 fully saturated rings. The molecule has 0 spiro atoms. The number of rotatable bonds is 5. The molecule has 0 saturated carbocycles. The maximum Gasteiger partial charge on any atom is 0.0973 e. The molecule has 0 aliphatic rings. The lowest BCUT2D eigenvalue weighted by Crippen LogP contribution is -1.97. The van der Waals surface area contributed by atoms with Crippen LogP contribution in [0.2, 0.25) is 0 Å². The van der Waals surface area contributed by atoms with Crippen molar-refractivity contribution >= 4 is 65.4 Å². The zero-order valence-corrected chi connectivity index (χ0v) is 31.4. The van der Waals surface area contributed by atoms with E-state index in [2.05, 4.69) is 185 Å². The summed E-state index contributed by atoms with van der Waals surface area (Å²) in [5, 5.41) is 7.46. The molecule has 4 heteroatoms. The van der Waals surface area contributed by atoms with Gasteiger partial charge in [-0.25, -0.2) is 9.97 Å². The van der Waals surface area contributed by atoms with Crippen molar-refractivity contribution in [2.75, 3.05) is 0 Å². The van der Waals surface area contributed by atoms with Gasteiger partial charge < -0.3 is 9.13 Å². The number of para-hydroxylation sites is 3. The minimum Gasteiger partial charge on any atom is -0.309 e. The fourth-order valence-corrected chi connectivity index (χ4v) is 9.03. The summed E-state index contributed by atoms with van der Waals surface area (Å²) >= 11 is 0. The molecule has 0 aliphatic carbocycles. The van der Waals surface area contributed by atoms with Crippen LogP contribution in [0.5, 0.6) is 0 Å². The second-order valence-corrected chi connectivity index (χ2v) is 15.0. The van der Waals surface area contributed by atoms with Crippen LogP contribution in [0.1, 0.15) is 0 Å². The maximum absolute atomic E-state index is 5.18. The fourth-order valence-electron chi connectivity index (χ4n) is 9.03. The Labute approximate surface area is 334 Å². The van der Waals surface area contributed by atoms with Gasteiger partial charge in [-0.1, -0.05) is 146 Å². The smallest absolute Gasteiger partial charge is 0.0973 e. The van der Waals surface area contributed by atoms with Crippen molar-refractivity contribution in [2.24, 2.45) is 0 Å². The van der Waals surface area contributed by atoms with Crippen molar-refractivity contribution < 1.29 is 0 Å². The molecule has 0 aliphatic heterocycles. The van der Waals surface area contributed by atoms with Gasteiger partial charge in [0.1, 0.15) is 0 Å². The zero-order valence-electron chi connectivity index (χ0n) is 31.4. The van der Waals surface area contributed by atoms with E-state index in [9.17, 15) is 0 Å². The molecular weight excluding hydrogens is 705 g/mol. The first-order chi connectivity index (χ1) is 28.8. The number of nitrogens with zero attached hydrogens (tertiary/aromatic N) is 4. The zero-order chi connectivity index (χ0) is 38.2. The van der Waals surface area contributed by atoms with Gasteiger partial charge in [-0.05, 0) is 82.6 Å². The van der Waals surface area contributed by atoms with Crippen LogP contribution in [-0.2, 0) is 0 Å². The Bertz CT molecular complexity index is 3540. The Kier molecular flexibility index (Phi) is 7.20. The molecule has 4 nitrogen and oxygen atoms in total. The van der Waals surface area contributed by atoms with E-state index < -0.39 is 0 Å². The van der Waals surface area contributed by atoms with Crippen LogP contribution in [0.4, 0.5) is 0 Å². The SMILES string of the molecule is c1ccc(-c2cccc(-n3c4cc5c(cc4c4c6ccccc6ccc43)c3ccccc3n5-c3ccc(-c4nc5ccccc5nc4-c4ccccc4)cc3)c2)cc1. The summed E-state index contributed by atoms with van der Waals surface area (Å²) in [6.07, 6.45) is 0. The van der Waals surface area contributed by atoms with Gasteiger partial charge >= 0.3 is 0 Å². The molecule has 3 aromatic heterocycles. The summed E-state index contributed by atoms with van der Waals surface area (Å²) in [5.41, 5.74) is 14.9. The largest absolute Gasteiger partial charge is 0.309 e. The number of aromatic nitrogens is 4. The van der Waals surface area contributed by atoms with Crippen LogP contribution < -0.4 is 0 Å². The van der Waals surface area contributed by atoms with E-state index in [1.54, 1.807) is 0 Å². The van der Waals surface area contributed by atoms with Gasteiger partial charge in [-0.15, -0.1) is 0 Å². The van der Waals surface area contributed by atoms with Gasteiger partial charge in [-0.3, -0.25) is 0 Å². The van der Waals surface area contributed by atoms with E-state index in [1.807, 2.05) is 30.3 Å². The number of fused-ring (bicyclic) bond motifs is 9. The molecule has 12 rings (SSSR count). The van der Waals surface area contributed by atoms with Gasteiger partial charge in [0.05, 0.1) is 44.5 Å². The molecule has 0 atom stereocenters. The van der Waals surface area contributed by atoms with Crippen LogP contribution in [-0.4, -0.2) is 19.1 Å². The summed E-state index contributed by atoms with van der Waals surface area (Å²) in [6.45, 7) is 0. The van der Waals surface area contributed by atoms with Crippen molar-refractivity contribution in [1.82, 2.24) is 19.1 Å². The van der Waals surface area contributed by atoms with Crippen molar-refractivity contribution in [3.05, 3.63) is 206 Å². The third kappa shape index (κ3) is 5.02. The van der Waals surface area contributed by atoms with E-state index in [-0.39, 0.29) is 0 Å². The Morgan fingerprint density at radius 2 is 0.879 bits per heavy atom. The topological polar surface area (TPSA) is 35.6 Å². The molecule has 12 aromatic rings. The van der Waals surface area contributed by atoms with E-state index in [4.69, 9.17) is 9.97 Å². The Balaban J connectivity index is 1.10. The molecule has 0 unspecified atom stereocenters. The summed E-state index contributed by atoms with van der Waals surface area (Å²) in [6, 6.07) is 73.8. The molecular formula is C54H34N4. The van der Waals surface area contributed by atoms with E-state index >= 15 is 0 Å². The highest BCUT2D eigenvalue weighted by Crippen LogP contribution is 2.42. The highest BCUT2D eigenvalue weighted by Gasteiger charge is 2.21. The summed E-state index contributed by atoms with van der Waals surface area (Å²) in [7, 11) is 0. The fraction of sp³-hybridized carbons (Fsp3) is 0.